The predicted octanol–water partition coefficient (Wildman–Crippen LogP) is 2.56. The van der Waals surface area contributed by atoms with E-state index in [0.717, 1.165) is 12.1 Å². The van der Waals surface area contributed by atoms with Gasteiger partial charge >= 0.3 is 0 Å². The van der Waals surface area contributed by atoms with Crippen LogP contribution in [0.1, 0.15) is 31.4 Å². The Bertz CT molecular complexity index is 488. The van der Waals surface area contributed by atoms with Crippen molar-refractivity contribution >= 4 is 5.91 Å². The average Bonchev–Trinajstić information content (AvgIpc) is 2.72. The van der Waals surface area contributed by atoms with E-state index in [4.69, 9.17) is 5.26 Å². The van der Waals surface area contributed by atoms with Crippen LogP contribution in [-0.4, -0.2) is 17.4 Å². The summed E-state index contributed by atoms with van der Waals surface area (Å²) in [6.45, 7) is 5.69. The van der Waals surface area contributed by atoms with Crippen LogP contribution in [0.5, 0.6) is 0 Å². The molecule has 1 aromatic rings. The number of hydrogen-bond acceptors (Lipinski definition) is 2. The monoisotopic (exact) mass is 242 g/mol. The van der Waals surface area contributed by atoms with Gasteiger partial charge in [0.25, 0.3) is 0 Å². The Labute approximate surface area is 108 Å². The third-order valence-electron chi connectivity index (χ3n) is 3.69. The van der Waals surface area contributed by atoms with Crippen molar-refractivity contribution in [2.75, 3.05) is 6.54 Å². The highest BCUT2D eigenvalue weighted by Crippen LogP contribution is 2.26. The van der Waals surface area contributed by atoms with Crippen molar-refractivity contribution in [2.24, 2.45) is 11.8 Å². The van der Waals surface area contributed by atoms with E-state index in [1.807, 2.05) is 23.1 Å². The van der Waals surface area contributed by atoms with Crippen LogP contribution in [0.15, 0.2) is 24.3 Å². The second kappa shape index (κ2) is 5.22. The zero-order valence-corrected chi connectivity index (χ0v) is 10.9. The summed E-state index contributed by atoms with van der Waals surface area (Å²) in [5.41, 5.74) is 1.61. The van der Waals surface area contributed by atoms with Gasteiger partial charge in [-0.3, -0.25) is 4.79 Å². The minimum Gasteiger partial charge on any atom is -0.338 e. The molecule has 1 aromatic carbocycles. The molecule has 1 saturated heterocycles. The zero-order chi connectivity index (χ0) is 13.1. The lowest BCUT2D eigenvalue weighted by atomic mass is 9.95. The summed E-state index contributed by atoms with van der Waals surface area (Å²) in [6, 6.07) is 9.67. The Morgan fingerprint density at radius 1 is 1.44 bits per heavy atom. The maximum Gasteiger partial charge on any atom is 0.223 e. The van der Waals surface area contributed by atoms with E-state index in [2.05, 4.69) is 19.9 Å². The van der Waals surface area contributed by atoms with E-state index in [9.17, 15) is 4.79 Å². The smallest absolute Gasteiger partial charge is 0.223 e. The van der Waals surface area contributed by atoms with Crippen LogP contribution >= 0.6 is 0 Å². The minimum absolute atomic E-state index is 0.210. The molecule has 0 saturated carbocycles. The first kappa shape index (κ1) is 12.6. The Morgan fingerprint density at radius 2 is 2.17 bits per heavy atom. The number of likely N-dealkylation sites (tertiary alicyclic amines) is 1. The van der Waals surface area contributed by atoms with E-state index >= 15 is 0 Å². The van der Waals surface area contributed by atoms with Crippen molar-refractivity contribution < 1.29 is 4.79 Å². The predicted molar refractivity (Wildman–Crippen MR) is 69.5 cm³/mol. The molecule has 1 heterocycles. The molecule has 0 aliphatic carbocycles. The molecular weight excluding hydrogens is 224 g/mol. The molecule has 0 spiro atoms. The van der Waals surface area contributed by atoms with Gasteiger partial charge in [0.05, 0.1) is 11.6 Å². The molecule has 0 radical (unpaired) electrons. The lowest BCUT2D eigenvalue weighted by Gasteiger charge is -2.18. The Morgan fingerprint density at radius 3 is 2.78 bits per heavy atom. The van der Waals surface area contributed by atoms with E-state index in [1.165, 1.54) is 0 Å². The maximum atomic E-state index is 11.9. The first-order valence-corrected chi connectivity index (χ1v) is 6.37. The van der Waals surface area contributed by atoms with Gasteiger partial charge in [-0.25, -0.2) is 0 Å². The normalized spacial score (nSPS) is 19.3. The Hall–Kier alpha value is -1.82. The molecule has 0 bridgehead atoms. The second-order valence-corrected chi connectivity index (χ2v) is 5.25. The number of hydrogen-bond donors (Lipinski definition) is 0. The molecule has 0 N–H and O–H groups in total. The van der Waals surface area contributed by atoms with Crippen LogP contribution < -0.4 is 0 Å². The molecule has 2 rings (SSSR count). The largest absolute Gasteiger partial charge is 0.338 e. The van der Waals surface area contributed by atoms with Crippen molar-refractivity contribution in [1.82, 2.24) is 4.90 Å². The number of rotatable bonds is 3. The van der Waals surface area contributed by atoms with Crippen molar-refractivity contribution in [3.05, 3.63) is 35.4 Å². The summed E-state index contributed by atoms with van der Waals surface area (Å²) in [7, 11) is 0. The Kier molecular flexibility index (Phi) is 3.66. The standard InChI is InChI=1S/C15H18N2O/c1-11(2)14-7-15(18)17(10-14)9-13-6-4-3-5-12(13)8-16/h3-6,11,14H,7,9-10H2,1-2H3. The van der Waals surface area contributed by atoms with Gasteiger partial charge < -0.3 is 4.90 Å². The molecule has 1 atom stereocenters. The Balaban J connectivity index is 2.11. The van der Waals surface area contributed by atoms with Crippen molar-refractivity contribution in [2.45, 2.75) is 26.8 Å². The molecule has 1 unspecified atom stereocenters. The molecular formula is C15H18N2O. The summed E-state index contributed by atoms with van der Waals surface area (Å²) >= 11 is 0. The third kappa shape index (κ3) is 2.53. The molecule has 3 nitrogen and oxygen atoms in total. The average molecular weight is 242 g/mol. The highest BCUT2D eigenvalue weighted by molar-refractivity contribution is 5.78. The second-order valence-electron chi connectivity index (χ2n) is 5.25. The molecule has 94 valence electrons. The van der Waals surface area contributed by atoms with Gasteiger partial charge in [0, 0.05) is 19.5 Å². The molecule has 1 amide bonds. The number of nitriles is 1. The van der Waals surface area contributed by atoms with Crippen molar-refractivity contribution in [1.29, 1.82) is 5.26 Å². The van der Waals surface area contributed by atoms with Gasteiger partial charge in [0.1, 0.15) is 0 Å². The van der Waals surface area contributed by atoms with Crippen LogP contribution in [0.3, 0.4) is 0 Å². The summed E-state index contributed by atoms with van der Waals surface area (Å²) in [5.74, 6) is 1.19. The van der Waals surface area contributed by atoms with Crippen molar-refractivity contribution in [3.8, 4) is 6.07 Å². The quantitative estimate of drug-likeness (QED) is 0.817. The fourth-order valence-electron chi connectivity index (χ4n) is 2.37. The number of amides is 1. The van der Waals surface area contributed by atoms with Gasteiger partial charge in [0.15, 0.2) is 0 Å². The molecule has 0 aromatic heterocycles. The van der Waals surface area contributed by atoms with Gasteiger partial charge in [-0.1, -0.05) is 32.0 Å². The summed E-state index contributed by atoms with van der Waals surface area (Å²) in [4.78, 5) is 13.8. The summed E-state index contributed by atoms with van der Waals surface area (Å²) < 4.78 is 0. The third-order valence-corrected chi connectivity index (χ3v) is 3.69. The molecule has 1 fully saturated rings. The first-order chi connectivity index (χ1) is 8.61. The van der Waals surface area contributed by atoms with Gasteiger partial charge in [-0.05, 0) is 23.5 Å². The van der Waals surface area contributed by atoms with Gasteiger partial charge in [-0.15, -0.1) is 0 Å². The van der Waals surface area contributed by atoms with Gasteiger partial charge in [0.2, 0.25) is 5.91 Å². The fourth-order valence-corrected chi connectivity index (χ4v) is 2.37. The molecule has 18 heavy (non-hydrogen) atoms. The fraction of sp³-hybridized carbons (Fsp3) is 0.467. The maximum absolute atomic E-state index is 11.9. The minimum atomic E-state index is 0.210. The van der Waals surface area contributed by atoms with Crippen molar-refractivity contribution in [3.63, 3.8) is 0 Å². The van der Waals surface area contributed by atoms with E-state index in [0.29, 0.717) is 30.4 Å². The topological polar surface area (TPSA) is 44.1 Å². The van der Waals surface area contributed by atoms with E-state index < -0.39 is 0 Å². The molecule has 1 aliphatic rings. The lowest BCUT2D eigenvalue weighted by Crippen LogP contribution is -2.25. The van der Waals surface area contributed by atoms with Crippen LogP contribution in [0.2, 0.25) is 0 Å². The van der Waals surface area contributed by atoms with Crippen LogP contribution in [0.4, 0.5) is 0 Å². The first-order valence-electron chi connectivity index (χ1n) is 6.37. The number of carbonyl (C=O) groups excluding carboxylic acids is 1. The van der Waals surface area contributed by atoms with E-state index in [1.54, 1.807) is 6.07 Å². The highest BCUT2D eigenvalue weighted by atomic mass is 16.2. The number of benzene rings is 1. The van der Waals surface area contributed by atoms with Crippen LogP contribution in [0, 0.1) is 23.2 Å². The van der Waals surface area contributed by atoms with Gasteiger partial charge in [-0.2, -0.15) is 5.26 Å². The summed E-state index contributed by atoms with van der Waals surface area (Å²) in [6.07, 6.45) is 0.645. The zero-order valence-electron chi connectivity index (χ0n) is 10.9. The van der Waals surface area contributed by atoms with Crippen LogP contribution in [0.25, 0.3) is 0 Å². The highest BCUT2D eigenvalue weighted by Gasteiger charge is 2.31. The molecule has 1 aliphatic heterocycles. The lowest BCUT2D eigenvalue weighted by molar-refractivity contribution is -0.128. The molecule has 3 heteroatoms. The number of carbonyl (C=O) groups is 1. The number of nitrogens with zero attached hydrogens (tertiary/aromatic N) is 2. The SMILES string of the molecule is CC(C)C1CC(=O)N(Cc2ccccc2C#N)C1. The summed E-state index contributed by atoms with van der Waals surface area (Å²) in [5, 5.41) is 9.05. The van der Waals surface area contributed by atoms with E-state index in [-0.39, 0.29) is 5.91 Å². The van der Waals surface area contributed by atoms with Crippen LogP contribution in [-0.2, 0) is 11.3 Å².